The molecule has 0 saturated heterocycles. The lowest BCUT2D eigenvalue weighted by molar-refractivity contribution is -0.137. The Morgan fingerprint density at radius 1 is 0.909 bits per heavy atom. The average Bonchev–Trinajstić information content (AvgIpc) is 1.88. The van der Waals surface area contributed by atoms with Crippen LogP contribution in [0.1, 0.15) is 5.56 Å². The third-order valence-electron chi connectivity index (χ3n) is 1.10. The highest BCUT2D eigenvalue weighted by atomic mass is 127. The van der Waals surface area contributed by atoms with Crippen LogP contribution in [-0.2, 0) is 6.18 Å². The SMILES string of the molecule is FC(F)(F)c1ccccc1.I. The van der Waals surface area contributed by atoms with Gasteiger partial charge in [0.05, 0.1) is 5.56 Å². The Hall–Kier alpha value is -0.260. The largest absolute Gasteiger partial charge is 0.416 e. The first-order chi connectivity index (χ1) is 4.61. The van der Waals surface area contributed by atoms with Gasteiger partial charge >= 0.3 is 6.18 Å². The Morgan fingerprint density at radius 2 is 1.36 bits per heavy atom. The highest BCUT2D eigenvalue weighted by Crippen LogP contribution is 2.28. The molecule has 0 aliphatic carbocycles. The summed E-state index contributed by atoms with van der Waals surface area (Å²) in [7, 11) is 0. The maximum atomic E-state index is 11.8. The van der Waals surface area contributed by atoms with Crippen molar-refractivity contribution in [3.8, 4) is 0 Å². The third-order valence-corrected chi connectivity index (χ3v) is 1.10. The molecule has 0 aliphatic rings. The summed E-state index contributed by atoms with van der Waals surface area (Å²) in [6, 6.07) is 6.36. The quantitative estimate of drug-likeness (QED) is 0.636. The van der Waals surface area contributed by atoms with E-state index in [1.807, 2.05) is 0 Å². The van der Waals surface area contributed by atoms with Crippen molar-refractivity contribution < 1.29 is 13.2 Å². The number of hydrogen-bond donors (Lipinski definition) is 0. The number of benzene rings is 1. The van der Waals surface area contributed by atoms with E-state index in [-0.39, 0.29) is 24.0 Å². The van der Waals surface area contributed by atoms with E-state index in [0.29, 0.717) is 0 Å². The van der Waals surface area contributed by atoms with Crippen molar-refractivity contribution in [1.82, 2.24) is 0 Å². The highest BCUT2D eigenvalue weighted by molar-refractivity contribution is 14.0. The zero-order valence-electron chi connectivity index (χ0n) is 5.43. The van der Waals surface area contributed by atoms with Gasteiger partial charge in [-0.3, -0.25) is 0 Å². The molecular weight excluding hydrogens is 268 g/mol. The minimum Gasteiger partial charge on any atom is -0.166 e. The van der Waals surface area contributed by atoms with Crippen molar-refractivity contribution in [1.29, 1.82) is 0 Å². The first kappa shape index (κ1) is 10.7. The van der Waals surface area contributed by atoms with Crippen LogP contribution in [0.4, 0.5) is 13.2 Å². The molecule has 1 aromatic rings. The molecule has 0 fully saturated rings. The molecule has 0 bridgehead atoms. The molecule has 0 saturated carbocycles. The van der Waals surface area contributed by atoms with Gasteiger partial charge in [-0.25, -0.2) is 0 Å². The van der Waals surface area contributed by atoms with Crippen LogP contribution in [0.3, 0.4) is 0 Å². The number of alkyl halides is 3. The van der Waals surface area contributed by atoms with E-state index in [9.17, 15) is 13.2 Å². The van der Waals surface area contributed by atoms with Gasteiger partial charge in [0, 0.05) is 0 Å². The normalized spacial score (nSPS) is 10.5. The first-order valence-corrected chi connectivity index (χ1v) is 2.73. The maximum absolute atomic E-state index is 11.8. The van der Waals surface area contributed by atoms with Gasteiger partial charge in [-0.1, -0.05) is 30.3 Å². The molecule has 0 atom stereocenters. The Kier molecular flexibility index (Phi) is 3.85. The van der Waals surface area contributed by atoms with Gasteiger partial charge < -0.3 is 0 Å². The minimum absolute atomic E-state index is 0. The predicted octanol–water partition coefficient (Wildman–Crippen LogP) is 3.32. The van der Waals surface area contributed by atoms with Crippen molar-refractivity contribution in [3.05, 3.63) is 35.9 Å². The van der Waals surface area contributed by atoms with Crippen LogP contribution in [0.5, 0.6) is 0 Å². The topological polar surface area (TPSA) is 0 Å². The lowest BCUT2D eigenvalue weighted by Crippen LogP contribution is -2.03. The second-order valence-corrected chi connectivity index (χ2v) is 1.86. The van der Waals surface area contributed by atoms with E-state index in [0.717, 1.165) is 12.1 Å². The summed E-state index contributed by atoms with van der Waals surface area (Å²) in [5.41, 5.74) is -0.602. The Bertz CT molecular complexity index is 205. The smallest absolute Gasteiger partial charge is 0.166 e. The fourth-order valence-electron chi connectivity index (χ4n) is 0.627. The van der Waals surface area contributed by atoms with Crippen LogP contribution in [0.2, 0.25) is 0 Å². The summed E-state index contributed by atoms with van der Waals surface area (Å²) in [5, 5.41) is 0. The molecule has 0 radical (unpaired) electrons. The maximum Gasteiger partial charge on any atom is 0.416 e. The lowest BCUT2D eigenvalue weighted by atomic mass is 10.2. The minimum atomic E-state index is -4.21. The van der Waals surface area contributed by atoms with Crippen molar-refractivity contribution in [3.63, 3.8) is 0 Å². The highest BCUT2D eigenvalue weighted by Gasteiger charge is 2.29. The van der Waals surface area contributed by atoms with Gasteiger partial charge in [0.15, 0.2) is 0 Å². The van der Waals surface area contributed by atoms with Crippen molar-refractivity contribution in [2.75, 3.05) is 0 Å². The molecular formula is C7H6F3I. The van der Waals surface area contributed by atoms with Crippen molar-refractivity contribution >= 4 is 24.0 Å². The molecule has 0 spiro atoms. The van der Waals surface area contributed by atoms with Crippen LogP contribution in [-0.4, -0.2) is 0 Å². The summed E-state index contributed by atoms with van der Waals surface area (Å²) < 4.78 is 35.4. The van der Waals surface area contributed by atoms with E-state index >= 15 is 0 Å². The zero-order valence-corrected chi connectivity index (χ0v) is 7.76. The van der Waals surface area contributed by atoms with E-state index in [1.54, 1.807) is 6.07 Å². The molecule has 0 heterocycles. The third kappa shape index (κ3) is 3.09. The van der Waals surface area contributed by atoms with Crippen molar-refractivity contribution in [2.45, 2.75) is 6.18 Å². The summed E-state index contributed by atoms with van der Waals surface area (Å²) >= 11 is 0. The zero-order chi connectivity index (χ0) is 7.61. The Labute approximate surface area is 79.4 Å². The van der Waals surface area contributed by atoms with Crippen LogP contribution in [0.15, 0.2) is 30.3 Å². The van der Waals surface area contributed by atoms with Crippen LogP contribution in [0.25, 0.3) is 0 Å². The second kappa shape index (κ2) is 3.94. The summed E-state index contributed by atoms with van der Waals surface area (Å²) in [6.07, 6.45) is -4.21. The van der Waals surface area contributed by atoms with E-state index in [1.165, 1.54) is 12.1 Å². The first-order valence-electron chi connectivity index (χ1n) is 2.73. The molecule has 4 heteroatoms. The van der Waals surface area contributed by atoms with Gasteiger partial charge in [-0.15, -0.1) is 24.0 Å². The monoisotopic (exact) mass is 274 g/mol. The second-order valence-electron chi connectivity index (χ2n) is 1.86. The molecule has 0 aliphatic heterocycles. The van der Waals surface area contributed by atoms with Crippen LogP contribution >= 0.6 is 24.0 Å². The van der Waals surface area contributed by atoms with Crippen LogP contribution in [0, 0.1) is 0 Å². The molecule has 11 heavy (non-hydrogen) atoms. The van der Waals surface area contributed by atoms with E-state index in [4.69, 9.17) is 0 Å². The Morgan fingerprint density at radius 3 is 1.64 bits per heavy atom. The number of hydrogen-bond acceptors (Lipinski definition) is 0. The van der Waals surface area contributed by atoms with E-state index < -0.39 is 11.7 Å². The molecule has 0 N–H and O–H groups in total. The summed E-state index contributed by atoms with van der Waals surface area (Å²) in [4.78, 5) is 0. The van der Waals surface area contributed by atoms with Gasteiger partial charge in [-0.05, 0) is 0 Å². The summed E-state index contributed by atoms with van der Waals surface area (Å²) in [6.45, 7) is 0. The molecule has 0 unspecified atom stereocenters. The molecule has 1 aromatic carbocycles. The predicted molar refractivity (Wildman–Crippen MR) is 46.9 cm³/mol. The molecule has 0 nitrogen and oxygen atoms in total. The standard InChI is InChI=1S/C7H5F3.HI/c8-7(9,10)6-4-2-1-3-5-6;/h1-5H;1H. The van der Waals surface area contributed by atoms with E-state index in [2.05, 4.69) is 0 Å². The number of rotatable bonds is 0. The average molecular weight is 274 g/mol. The fourth-order valence-corrected chi connectivity index (χ4v) is 0.627. The summed E-state index contributed by atoms with van der Waals surface area (Å²) in [5.74, 6) is 0. The van der Waals surface area contributed by atoms with Crippen LogP contribution < -0.4 is 0 Å². The number of halogens is 4. The van der Waals surface area contributed by atoms with Gasteiger partial charge in [-0.2, -0.15) is 13.2 Å². The van der Waals surface area contributed by atoms with Gasteiger partial charge in [0.25, 0.3) is 0 Å². The fraction of sp³-hybridized carbons (Fsp3) is 0.143. The van der Waals surface area contributed by atoms with Gasteiger partial charge in [0.2, 0.25) is 0 Å². The Balaban J connectivity index is 0.000001000. The molecule has 62 valence electrons. The van der Waals surface area contributed by atoms with Crippen molar-refractivity contribution in [2.24, 2.45) is 0 Å². The lowest BCUT2D eigenvalue weighted by Gasteiger charge is -2.03. The molecule has 0 aromatic heterocycles. The van der Waals surface area contributed by atoms with Gasteiger partial charge in [0.1, 0.15) is 0 Å². The molecule has 0 amide bonds. The molecule has 1 rings (SSSR count).